The number of hydrogen-bond acceptors (Lipinski definition) is 6. The monoisotopic (exact) mass is 628 g/mol. The fourth-order valence-corrected chi connectivity index (χ4v) is 8.35. The number of likely N-dealkylation sites (tertiary alicyclic amines) is 4. The van der Waals surface area contributed by atoms with Crippen molar-refractivity contribution in [2.75, 3.05) is 32.8 Å². The lowest BCUT2D eigenvalue weighted by atomic mass is 9.98. The van der Waals surface area contributed by atoms with Gasteiger partial charge in [-0.3, -0.25) is 19.3 Å². The van der Waals surface area contributed by atoms with Gasteiger partial charge in [-0.2, -0.15) is 0 Å². The molecule has 1 aliphatic carbocycles. The minimum atomic E-state index is -1.02. The fraction of sp³-hybridized carbons (Fsp3) is 0.514. The molecule has 11 nitrogen and oxygen atoms in total. The van der Waals surface area contributed by atoms with Gasteiger partial charge in [-0.1, -0.05) is 48.5 Å². The van der Waals surface area contributed by atoms with Crippen LogP contribution < -0.4 is 0 Å². The van der Waals surface area contributed by atoms with Crippen molar-refractivity contribution in [2.24, 2.45) is 0 Å². The number of carboxylic acid groups (broad SMARTS) is 1. The highest BCUT2D eigenvalue weighted by molar-refractivity contribution is 5.95. The van der Waals surface area contributed by atoms with E-state index in [-0.39, 0.29) is 30.2 Å². The summed E-state index contributed by atoms with van der Waals surface area (Å²) in [4.78, 5) is 72.6. The maximum absolute atomic E-state index is 14.0. The molecule has 0 bridgehead atoms. The van der Waals surface area contributed by atoms with Crippen molar-refractivity contribution in [3.8, 4) is 11.1 Å². The van der Waals surface area contributed by atoms with Crippen LogP contribution in [0, 0.1) is 0 Å². The average molecular weight is 629 g/mol. The number of aliphatic carboxylic acids is 1. The van der Waals surface area contributed by atoms with E-state index in [1.807, 2.05) is 24.3 Å². The predicted octanol–water partition coefficient (Wildman–Crippen LogP) is 3.46. The Morgan fingerprint density at radius 2 is 0.978 bits per heavy atom. The minimum Gasteiger partial charge on any atom is -0.480 e. The molecule has 4 heterocycles. The summed E-state index contributed by atoms with van der Waals surface area (Å²) >= 11 is 0. The van der Waals surface area contributed by atoms with Gasteiger partial charge in [0.25, 0.3) is 0 Å². The van der Waals surface area contributed by atoms with Crippen LogP contribution >= 0.6 is 0 Å². The predicted molar refractivity (Wildman–Crippen MR) is 167 cm³/mol. The van der Waals surface area contributed by atoms with Crippen LogP contribution in [0.5, 0.6) is 0 Å². The molecule has 4 saturated heterocycles. The van der Waals surface area contributed by atoms with Crippen molar-refractivity contribution in [3.63, 3.8) is 0 Å². The van der Waals surface area contributed by atoms with E-state index in [4.69, 9.17) is 4.74 Å². The number of carboxylic acids is 1. The molecule has 2 aromatic rings. The van der Waals surface area contributed by atoms with Crippen LogP contribution in [0.25, 0.3) is 11.1 Å². The summed E-state index contributed by atoms with van der Waals surface area (Å²) in [5.41, 5.74) is 4.51. The van der Waals surface area contributed by atoms with E-state index in [0.29, 0.717) is 77.5 Å². The summed E-state index contributed by atoms with van der Waals surface area (Å²) in [5, 5.41) is 9.59. The van der Waals surface area contributed by atoms with Crippen LogP contribution in [0.3, 0.4) is 0 Å². The van der Waals surface area contributed by atoms with Gasteiger partial charge >= 0.3 is 12.1 Å². The van der Waals surface area contributed by atoms with Crippen molar-refractivity contribution >= 4 is 29.8 Å². The van der Waals surface area contributed by atoms with E-state index < -0.39 is 36.2 Å². The quantitative estimate of drug-likeness (QED) is 0.519. The molecule has 11 heteroatoms. The lowest BCUT2D eigenvalue weighted by molar-refractivity contribution is -0.154. The summed E-state index contributed by atoms with van der Waals surface area (Å²) < 4.78 is 5.89. The molecule has 242 valence electrons. The average Bonchev–Trinajstić information content (AvgIpc) is 3.91. The number of benzene rings is 2. The Bertz CT molecular complexity index is 1520. The highest BCUT2D eigenvalue weighted by atomic mass is 16.6. The number of hydrogen-bond donors (Lipinski definition) is 1. The zero-order valence-corrected chi connectivity index (χ0v) is 25.9. The van der Waals surface area contributed by atoms with Gasteiger partial charge in [0.05, 0.1) is 0 Å². The second-order valence-electron chi connectivity index (χ2n) is 13.1. The first-order valence-corrected chi connectivity index (χ1v) is 16.6. The van der Waals surface area contributed by atoms with Crippen LogP contribution in [-0.2, 0) is 23.9 Å². The Balaban J connectivity index is 1.01. The van der Waals surface area contributed by atoms with E-state index in [0.717, 1.165) is 22.3 Å². The Kier molecular flexibility index (Phi) is 8.16. The SMILES string of the molecule is O=C(O)[C@@H]1CCCN1C(=O)[C@@H]1CCCN1C(=O)[C@@H]1CCCN1C(=O)[C@@H]1CCCN1C(=O)OCC1c2ccccc2-c2ccccc21. The molecular formula is C35H40N4O7. The Hall–Kier alpha value is -4.41. The largest absolute Gasteiger partial charge is 0.480 e. The highest BCUT2D eigenvalue weighted by Gasteiger charge is 2.47. The zero-order chi connectivity index (χ0) is 31.9. The summed E-state index contributed by atoms with van der Waals surface area (Å²) in [6.07, 6.45) is 3.93. The standard InChI is InChI=1S/C35H40N4O7/c40-31(36-17-6-14-28(36)32(41)38-19-8-16-30(38)34(43)44)27-13-5-18-37(27)33(42)29-15-7-20-39(29)35(45)46-21-26-24-11-3-1-9-22(24)23-10-2-4-12-25(23)26/h1-4,9-12,26-30H,5-8,13-21H2,(H,43,44)/t27-,28-,29-,30-/m0/s1. The minimum absolute atomic E-state index is 0.0869. The van der Waals surface area contributed by atoms with Gasteiger partial charge in [-0.15, -0.1) is 0 Å². The topological polar surface area (TPSA) is 128 Å². The maximum Gasteiger partial charge on any atom is 0.410 e. The molecule has 0 unspecified atom stereocenters. The lowest BCUT2D eigenvalue weighted by Gasteiger charge is -2.35. The zero-order valence-electron chi connectivity index (χ0n) is 25.9. The molecule has 4 atom stereocenters. The van der Waals surface area contributed by atoms with Gasteiger partial charge in [0.15, 0.2) is 0 Å². The molecular weight excluding hydrogens is 588 g/mol. The number of fused-ring (bicyclic) bond motifs is 3. The second-order valence-corrected chi connectivity index (χ2v) is 13.1. The Morgan fingerprint density at radius 3 is 1.46 bits per heavy atom. The molecule has 4 amide bonds. The van der Waals surface area contributed by atoms with Gasteiger partial charge in [0, 0.05) is 32.1 Å². The van der Waals surface area contributed by atoms with Gasteiger partial charge < -0.3 is 24.5 Å². The van der Waals surface area contributed by atoms with Crippen LogP contribution in [0.1, 0.15) is 68.4 Å². The third-order valence-corrected chi connectivity index (χ3v) is 10.6. The number of nitrogens with zero attached hydrogens (tertiary/aromatic N) is 4. The van der Waals surface area contributed by atoms with E-state index in [1.54, 1.807) is 9.80 Å². The first-order chi connectivity index (χ1) is 22.3. The van der Waals surface area contributed by atoms with Crippen molar-refractivity contribution < 1.29 is 33.8 Å². The smallest absolute Gasteiger partial charge is 0.410 e. The van der Waals surface area contributed by atoms with Crippen LogP contribution in [0.15, 0.2) is 48.5 Å². The van der Waals surface area contributed by atoms with E-state index in [2.05, 4.69) is 24.3 Å². The Morgan fingerprint density at radius 1 is 0.587 bits per heavy atom. The van der Waals surface area contributed by atoms with Crippen molar-refractivity contribution in [1.29, 1.82) is 0 Å². The normalized spacial score (nSPS) is 25.6. The third kappa shape index (κ3) is 5.19. The summed E-state index contributed by atoms with van der Waals surface area (Å²) in [6, 6.07) is 13.3. The summed E-state index contributed by atoms with van der Waals surface area (Å²) in [6.45, 7) is 1.75. The van der Waals surface area contributed by atoms with Crippen LogP contribution in [-0.4, -0.2) is 111 Å². The second kappa shape index (κ2) is 12.4. The molecule has 4 aliphatic heterocycles. The number of ether oxygens (including phenoxy) is 1. The molecule has 0 saturated carbocycles. The number of carbonyl (C=O) groups is 5. The molecule has 0 aromatic heterocycles. The number of amides is 4. The molecule has 2 aromatic carbocycles. The van der Waals surface area contributed by atoms with Gasteiger partial charge in [-0.25, -0.2) is 9.59 Å². The molecule has 4 fully saturated rings. The van der Waals surface area contributed by atoms with Gasteiger partial charge in [-0.05, 0) is 73.6 Å². The lowest BCUT2D eigenvalue weighted by Crippen LogP contribution is -2.56. The molecule has 5 aliphatic rings. The summed E-state index contributed by atoms with van der Waals surface area (Å²) in [5.74, 6) is -1.94. The van der Waals surface area contributed by atoms with E-state index in [1.165, 1.54) is 9.80 Å². The molecule has 1 N–H and O–H groups in total. The number of rotatable bonds is 6. The van der Waals surface area contributed by atoms with E-state index >= 15 is 0 Å². The highest BCUT2D eigenvalue weighted by Crippen LogP contribution is 2.44. The first-order valence-electron chi connectivity index (χ1n) is 16.6. The van der Waals surface area contributed by atoms with Crippen LogP contribution in [0.2, 0.25) is 0 Å². The van der Waals surface area contributed by atoms with Gasteiger partial charge in [0.1, 0.15) is 30.8 Å². The fourth-order valence-electron chi connectivity index (χ4n) is 8.35. The first kappa shape index (κ1) is 30.3. The van der Waals surface area contributed by atoms with E-state index in [9.17, 15) is 29.1 Å². The maximum atomic E-state index is 14.0. The summed E-state index contributed by atoms with van der Waals surface area (Å²) in [7, 11) is 0. The molecule has 0 spiro atoms. The molecule has 7 rings (SSSR count). The van der Waals surface area contributed by atoms with Crippen molar-refractivity contribution in [3.05, 3.63) is 59.7 Å². The van der Waals surface area contributed by atoms with Crippen molar-refractivity contribution in [2.45, 2.75) is 81.5 Å². The van der Waals surface area contributed by atoms with Crippen molar-refractivity contribution in [1.82, 2.24) is 19.6 Å². The molecule has 0 radical (unpaired) electrons. The molecule has 46 heavy (non-hydrogen) atoms. The Labute approximate surface area is 268 Å². The number of carbonyl (C=O) groups excluding carboxylic acids is 4. The third-order valence-electron chi connectivity index (χ3n) is 10.6. The van der Waals surface area contributed by atoms with Crippen LogP contribution in [0.4, 0.5) is 4.79 Å². The van der Waals surface area contributed by atoms with Gasteiger partial charge in [0.2, 0.25) is 17.7 Å².